The summed E-state index contributed by atoms with van der Waals surface area (Å²) in [6.07, 6.45) is 1.18. The van der Waals surface area contributed by atoms with E-state index in [-0.39, 0.29) is 5.78 Å². The molecule has 136 valence electrons. The van der Waals surface area contributed by atoms with E-state index in [1.165, 1.54) is 4.90 Å². The third kappa shape index (κ3) is 3.45. The van der Waals surface area contributed by atoms with Gasteiger partial charge in [-0.25, -0.2) is 0 Å². The lowest BCUT2D eigenvalue weighted by atomic mass is 9.93. The molecule has 1 unspecified atom stereocenters. The SMILES string of the molecule is O=C(CC[NH+]1CC[C@](O)(c2ccccc2)C1)c1ccc2c(c1)OCCO2. The van der Waals surface area contributed by atoms with Gasteiger partial charge >= 0.3 is 0 Å². The Morgan fingerprint density at radius 2 is 1.85 bits per heavy atom. The van der Waals surface area contributed by atoms with Crippen molar-refractivity contribution in [2.75, 3.05) is 32.8 Å². The van der Waals surface area contributed by atoms with Gasteiger partial charge in [0, 0.05) is 12.0 Å². The summed E-state index contributed by atoms with van der Waals surface area (Å²) in [5.74, 6) is 1.45. The minimum Gasteiger partial charge on any atom is -0.486 e. The van der Waals surface area contributed by atoms with Crippen molar-refractivity contribution in [3.05, 3.63) is 59.7 Å². The quantitative estimate of drug-likeness (QED) is 0.793. The summed E-state index contributed by atoms with van der Waals surface area (Å²) in [4.78, 5) is 13.8. The second-order valence-electron chi connectivity index (χ2n) is 7.11. The maximum absolute atomic E-state index is 12.5. The molecular weight excluding hydrogens is 330 g/mol. The van der Waals surface area contributed by atoms with E-state index < -0.39 is 5.60 Å². The summed E-state index contributed by atoms with van der Waals surface area (Å²) < 4.78 is 11.0. The van der Waals surface area contributed by atoms with Crippen molar-refractivity contribution in [3.63, 3.8) is 0 Å². The van der Waals surface area contributed by atoms with Gasteiger partial charge < -0.3 is 19.5 Å². The van der Waals surface area contributed by atoms with Crippen LogP contribution in [0.3, 0.4) is 0 Å². The average Bonchev–Trinajstić information content (AvgIpc) is 3.09. The van der Waals surface area contributed by atoms with Crippen LogP contribution in [0, 0.1) is 0 Å². The highest BCUT2D eigenvalue weighted by molar-refractivity contribution is 5.96. The molecule has 2 aliphatic heterocycles. The van der Waals surface area contributed by atoms with E-state index in [2.05, 4.69) is 0 Å². The number of quaternary nitrogens is 1. The van der Waals surface area contributed by atoms with E-state index in [9.17, 15) is 9.90 Å². The number of benzene rings is 2. The summed E-state index contributed by atoms with van der Waals surface area (Å²) in [6.45, 7) is 3.30. The van der Waals surface area contributed by atoms with Crippen molar-refractivity contribution in [1.82, 2.24) is 0 Å². The van der Waals surface area contributed by atoms with Crippen LogP contribution in [0.5, 0.6) is 11.5 Å². The van der Waals surface area contributed by atoms with Gasteiger partial charge in [0.15, 0.2) is 17.3 Å². The number of rotatable bonds is 5. The number of carbonyl (C=O) groups is 1. The number of likely N-dealkylation sites (tertiary alicyclic amines) is 1. The Balaban J connectivity index is 1.35. The molecule has 4 rings (SSSR count). The molecule has 2 aromatic rings. The van der Waals surface area contributed by atoms with E-state index in [0.29, 0.717) is 43.2 Å². The molecule has 5 heteroatoms. The molecule has 0 aliphatic carbocycles. The molecule has 5 nitrogen and oxygen atoms in total. The third-order valence-corrected chi connectivity index (χ3v) is 5.32. The lowest BCUT2D eigenvalue weighted by Crippen LogP contribution is -3.10. The molecule has 0 radical (unpaired) electrons. The number of Topliss-reactive ketones (excluding diaryl/α,β-unsaturated/α-hetero) is 1. The molecule has 2 aliphatic rings. The largest absolute Gasteiger partial charge is 0.486 e. The number of nitrogens with one attached hydrogen (secondary N) is 1. The van der Waals surface area contributed by atoms with E-state index in [4.69, 9.17) is 9.47 Å². The zero-order chi connectivity index (χ0) is 18.0. The summed E-state index contributed by atoms with van der Waals surface area (Å²) in [7, 11) is 0. The summed E-state index contributed by atoms with van der Waals surface area (Å²) in [5.41, 5.74) is 0.843. The number of aliphatic hydroxyl groups is 1. The Kier molecular flexibility index (Phi) is 4.66. The Hall–Kier alpha value is -2.37. The van der Waals surface area contributed by atoms with Crippen LogP contribution >= 0.6 is 0 Å². The highest BCUT2D eigenvalue weighted by Gasteiger charge is 2.40. The van der Waals surface area contributed by atoms with Crippen molar-refractivity contribution < 1.29 is 24.3 Å². The zero-order valence-corrected chi connectivity index (χ0v) is 14.7. The van der Waals surface area contributed by atoms with Crippen LogP contribution in [0.25, 0.3) is 0 Å². The van der Waals surface area contributed by atoms with Crippen LogP contribution < -0.4 is 14.4 Å². The first-order valence-electron chi connectivity index (χ1n) is 9.18. The van der Waals surface area contributed by atoms with Gasteiger partial charge in [-0.1, -0.05) is 30.3 Å². The molecule has 0 amide bonds. The van der Waals surface area contributed by atoms with Gasteiger partial charge in [0.1, 0.15) is 25.4 Å². The second kappa shape index (κ2) is 7.09. The highest BCUT2D eigenvalue weighted by atomic mass is 16.6. The van der Waals surface area contributed by atoms with Crippen molar-refractivity contribution in [2.24, 2.45) is 0 Å². The first kappa shape index (κ1) is 17.1. The summed E-state index contributed by atoms with van der Waals surface area (Å²) in [6, 6.07) is 15.2. The van der Waals surface area contributed by atoms with Gasteiger partial charge in [-0.3, -0.25) is 4.79 Å². The zero-order valence-electron chi connectivity index (χ0n) is 14.7. The minimum atomic E-state index is -0.781. The van der Waals surface area contributed by atoms with Gasteiger partial charge in [0.2, 0.25) is 0 Å². The Bertz CT molecular complexity index is 792. The molecule has 2 heterocycles. The molecule has 1 saturated heterocycles. The van der Waals surface area contributed by atoms with Crippen molar-refractivity contribution >= 4 is 5.78 Å². The topological polar surface area (TPSA) is 60.2 Å². The van der Waals surface area contributed by atoms with E-state index in [1.54, 1.807) is 18.2 Å². The van der Waals surface area contributed by atoms with Crippen LogP contribution in [0.2, 0.25) is 0 Å². The molecule has 26 heavy (non-hydrogen) atoms. The smallest absolute Gasteiger partial charge is 0.168 e. The molecule has 2 N–H and O–H groups in total. The lowest BCUT2D eigenvalue weighted by molar-refractivity contribution is -0.890. The Morgan fingerprint density at radius 1 is 1.08 bits per heavy atom. The maximum Gasteiger partial charge on any atom is 0.168 e. The maximum atomic E-state index is 12.5. The standard InChI is InChI=1S/C21H23NO4/c23-18(16-6-7-19-20(14-16)26-13-12-25-19)8-10-22-11-9-21(24,15-22)17-4-2-1-3-5-17/h1-7,14,24H,8-13,15H2/p+1/t21-/m1/s1. The van der Waals surface area contributed by atoms with Crippen LogP contribution in [0.1, 0.15) is 28.8 Å². The fourth-order valence-electron chi connectivity index (χ4n) is 3.83. The van der Waals surface area contributed by atoms with E-state index in [1.807, 2.05) is 30.3 Å². The van der Waals surface area contributed by atoms with Gasteiger partial charge in [0.25, 0.3) is 0 Å². The van der Waals surface area contributed by atoms with Crippen molar-refractivity contribution in [1.29, 1.82) is 0 Å². The number of ketones is 1. The fraction of sp³-hybridized carbons (Fsp3) is 0.381. The number of fused-ring (bicyclic) bond motifs is 1. The molecule has 0 bridgehead atoms. The van der Waals surface area contributed by atoms with Gasteiger partial charge in [-0.05, 0) is 23.8 Å². The number of hydrogen-bond donors (Lipinski definition) is 2. The van der Waals surface area contributed by atoms with E-state index in [0.717, 1.165) is 25.1 Å². The molecular formula is C21H24NO4+. The third-order valence-electron chi connectivity index (χ3n) is 5.32. The molecule has 0 aromatic heterocycles. The monoisotopic (exact) mass is 354 g/mol. The number of ether oxygens (including phenoxy) is 2. The summed E-state index contributed by atoms with van der Waals surface area (Å²) in [5, 5.41) is 10.9. The lowest BCUT2D eigenvalue weighted by Gasteiger charge is -2.21. The normalized spacial score (nSPS) is 24.4. The second-order valence-corrected chi connectivity index (χ2v) is 7.11. The van der Waals surface area contributed by atoms with Gasteiger partial charge in [0.05, 0.1) is 19.5 Å². The minimum absolute atomic E-state index is 0.102. The average molecular weight is 354 g/mol. The highest BCUT2D eigenvalue weighted by Crippen LogP contribution is 2.31. The first-order valence-corrected chi connectivity index (χ1v) is 9.18. The summed E-state index contributed by atoms with van der Waals surface area (Å²) >= 11 is 0. The van der Waals surface area contributed by atoms with Crippen LogP contribution in [0.15, 0.2) is 48.5 Å². The van der Waals surface area contributed by atoms with Crippen LogP contribution in [-0.4, -0.2) is 43.7 Å². The fourth-order valence-corrected chi connectivity index (χ4v) is 3.83. The number of hydrogen-bond acceptors (Lipinski definition) is 4. The molecule has 2 atom stereocenters. The molecule has 0 spiro atoms. The van der Waals surface area contributed by atoms with E-state index >= 15 is 0 Å². The van der Waals surface area contributed by atoms with Crippen LogP contribution in [0.4, 0.5) is 0 Å². The first-order chi connectivity index (χ1) is 12.6. The molecule has 2 aromatic carbocycles. The molecule has 0 saturated carbocycles. The van der Waals surface area contributed by atoms with Crippen molar-refractivity contribution in [3.8, 4) is 11.5 Å². The number of carbonyl (C=O) groups excluding carboxylic acids is 1. The Labute approximate surface area is 153 Å². The predicted octanol–water partition coefficient (Wildman–Crippen LogP) is 1.21. The predicted molar refractivity (Wildman–Crippen MR) is 96.9 cm³/mol. The van der Waals surface area contributed by atoms with Crippen LogP contribution in [-0.2, 0) is 5.60 Å². The van der Waals surface area contributed by atoms with Gasteiger partial charge in [-0.15, -0.1) is 0 Å². The van der Waals surface area contributed by atoms with Gasteiger partial charge in [-0.2, -0.15) is 0 Å². The van der Waals surface area contributed by atoms with Crippen molar-refractivity contribution in [2.45, 2.75) is 18.4 Å². The Morgan fingerprint density at radius 3 is 2.65 bits per heavy atom. The molecule has 1 fully saturated rings.